The van der Waals surface area contributed by atoms with Crippen molar-refractivity contribution < 1.29 is 19.4 Å². The van der Waals surface area contributed by atoms with Gasteiger partial charge in [0.1, 0.15) is 5.03 Å². The number of carbonyl (C=O) groups is 2. The van der Waals surface area contributed by atoms with Crippen molar-refractivity contribution >= 4 is 47.0 Å². The molecule has 0 radical (unpaired) electrons. The quantitative estimate of drug-likeness (QED) is 0.570. The first kappa shape index (κ1) is 23.7. The van der Waals surface area contributed by atoms with E-state index in [2.05, 4.69) is 14.9 Å². The summed E-state index contributed by atoms with van der Waals surface area (Å²) < 4.78 is 7.43. The van der Waals surface area contributed by atoms with E-state index in [4.69, 9.17) is 33.0 Å². The molecule has 1 fully saturated rings. The van der Waals surface area contributed by atoms with Crippen molar-refractivity contribution in [2.24, 2.45) is 0 Å². The van der Waals surface area contributed by atoms with Crippen LogP contribution < -0.4 is 0 Å². The third-order valence-electron chi connectivity index (χ3n) is 4.53. The minimum atomic E-state index is -0.988. The molecule has 166 valence electrons. The Hall–Kier alpha value is -1.91. The Bertz CT molecular complexity index is 949. The maximum Gasteiger partial charge on any atom is 0.309 e. The van der Waals surface area contributed by atoms with Gasteiger partial charge in [0, 0.05) is 44.7 Å². The Balaban J connectivity index is 1.61. The number of carboxylic acids is 1. The molecule has 2 heterocycles. The van der Waals surface area contributed by atoms with Crippen LogP contribution >= 0.6 is 35.1 Å². The summed E-state index contributed by atoms with van der Waals surface area (Å²) in [6, 6.07) is 5.58. The lowest BCUT2D eigenvalue weighted by Gasteiger charge is -2.35. The molecule has 0 spiro atoms. The van der Waals surface area contributed by atoms with E-state index in [1.807, 2.05) is 12.1 Å². The van der Waals surface area contributed by atoms with Crippen LogP contribution in [0.2, 0.25) is 10.0 Å². The highest BCUT2D eigenvalue weighted by atomic mass is 35.5. The van der Waals surface area contributed by atoms with Gasteiger partial charge in [0.05, 0.1) is 47.6 Å². The van der Waals surface area contributed by atoms with Gasteiger partial charge in [-0.05, 0) is 17.7 Å². The van der Waals surface area contributed by atoms with Crippen LogP contribution in [-0.2, 0) is 27.3 Å². The van der Waals surface area contributed by atoms with Gasteiger partial charge < -0.3 is 9.84 Å². The van der Waals surface area contributed by atoms with Crippen molar-refractivity contribution in [1.29, 1.82) is 0 Å². The topological polar surface area (TPSA) is 95.9 Å². The van der Waals surface area contributed by atoms with E-state index in [9.17, 15) is 9.59 Å². The zero-order valence-corrected chi connectivity index (χ0v) is 19.2. The normalized spacial score (nSPS) is 16.8. The molecule has 3 rings (SSSR count). The predicted molar refractivity (Wildman–Crippen MR) is 118 cm³/mol. The summed E-state index contributed by atoms with van der Waals surface area (Å²) in [5, 5.41) is 10.4. The Labute approximate surface area is 194 Å². The van der Waals surface area contributed by atoms with Crippen LogP contribution in [0.25, 0.3) is 0 Å². The Kier molecular flexibility index (Phi) is 8.50. The van der Waals surface area contributed by atoms with Gasteiger partial charge in [-0.15, -0.1) is 0 Å². The fourth-order valence-corrected chi connectivity index (χ4v) is 4.31. The summed E-state index contributed by atoms with van der Waals surface area (Å²) >= 11 is 13.2. The Morgan fingerprint density at radius 3 is 2.84 bits per heavy atom. The van der Waals surface area contributed by atoms with E-state index in [1.165, 1.54) is 19.3 Å². The predicted octanol–water partition coefficient (Wildman–Crippen LogP) is 3.17. The summed E-state index contributed by atoms with van der Waals surface area (Å²) in [7, 11) is 0. The summed E-state index contributed by atoms with van der Waals surface area (Å²) in [5.74, 6) is -1.14. The van der Waals surface area contributed by atoms with E-state index in [0.29, 0.717) is 47.0 Å². The number of ether oxygens (including phenoxy) is 1. The molecule has 1 N–H and O–H groups in total. The average Bonchev–Trinajstić information content (AvgIpc) is 2.70. The van der Waals surface area contributed by atoms with Gasteiger partial charge in [-0.1, -0.05) is 29.3 Å². The summed E-state index contributed by atoms with van der Waals surface area (Å²) in [6.07, 6.45) is 2.51. The molecule has 1 aromatic carbocycles. The smallest absolute Gasteiger partial charge is 0.309 e. The molecule has 11 heteroatoms. The molecule has 1 aliphatic heterocycles. The number of amides is 1. The number of aromatic nitrogens is 2. The van der Waals surface area contributed by atoms with Crippen molar-refractivity contribution in [1.82, 2.24) is 19.2 Å². The first-order valence-corrected chi connectivity index (χ1v) is 11.1. The van der Waals surface area contributed by atoms with Crippen LogP contribution in [0.3, 0.4) is 0 Å². The van der Waals surface area contributed by atoms with Gasteiger partial charge in [-0.2, -0.15) is 0 Å². The largest absolute Gasteiger partial charge is 0.481 e. The highest BCUT2D eigenvalue weighted by molar-refractivity contribution is 7.97. The number of rotatable bonds is 8. The molecule has 1 atom stereocenters. The zero-order valence-electron chi connectivity index (χ0n) is 16.8. The number of morpholine rings is 1. The molecule has 1 amide bonds. The lowest BCUT2D eigenvalue weighted by atomic mass is 10.2. The van der Waals surface area contributed by atoms with E-state index in [-0.39, 0.29) is 18.4 Å². The number of carboxylic acid groups (broad SMARTS) is 1. The highest BCUT2D eigenvalue weighted by Gasteiger charge is 2.25. The van der Waals surface area contributed by atoms with Crippen LogP contribution in [-0.4, -0.2) is 68.5 Å². The van der Waals surface area contributed by atoms with Crippen molar-refractivity contribution in [3.63, 3.8) is 0 Å². The lowest BCUT2D eigenvalue weighted by Crippen LogP contribution is -2.46. The first-order chi connectivity index (χ1) is 14.8. The molecule has 0 saturated carbocycles. The number of aliphatic carboxylic acids is 1. The molecular weight excluding hydrogens is 463 g/mol. The van der Waals surface area contributed by atoms with Gasteiger partial charge >= 0.3 is 5.97 Å². The second-order valence-corrected chi connectivity index (χ2v) is 8.92. The van der Waals surface area contributed by atoms with Gasteiger partial charge in [-0.25, -0.2) is 4.98 Å². The Morgan fingerprint density at radius 2 is 2.13 bits per heavy atom. The van der Waals surface area contributed by atoms with E-state index < -0.39 is 5.97 Å². The fraction of sp³-hybridized carbons (Fsp3) is 0.400. The second-order valence-electron chi connectivity index (χ2n) is 7.07. The standard InChI is InChI=1S/C20H22Cl2N4O4S/c1-13(27)26(31-19-9-23-8-15(24-19)7-20(28)29)12-16-11-25(4-5-30-16)10-14-2-3-17(21)18(22)6-14/h2-3,6,8-9,16H,4-5,7,10-12H2,1H3,(H,28,29)/t16-/m0/s1. The van der Waals surface area contributed by atoms with Crippen molar-refractivity contribution in [2.75, 3.05) is 26.2 Å². The molecular formula is C20H22Cl2N4O4S. The third-order valence-corrected chi connectivity index (χ3v) is 6.28. The molecule has 1 aliphatic rings. The number of nitrogens with zero attached hydrogens (tertiary/aromatic N) is 4. The lowest BCUT2D eigenvalue weighted by molar-refractivity contribution is -0.136. The van der Waals surface area contributed by atoms with Crippen LogP contribution in [0.1, 0.15) is 18.2 Å². The number of benzene rings is 1. The second kappa shape index (κ2) is 11.1. The molecule has 0 bridgehead atoms. The monoisotopic (exact) mass is 484 g/mol. The van der Waals surface area contributed by atoms with E-state index >= 15 is 0 Å². The maximum absolute atomic E-state index is 12.2. The number of carbonyl (C=O) groups excluding carboxylic acids is 1. The van der Waals surface area contributed by atoms with E-state index in [0.717, 1.165) is 24.1 Å². The van der Waals surface area contributed by atoms with Gasteiger partial charge in [0.25, 0.3) is 0 Å². The molecule has 1 aromatic heterocycles. The third kappa shape index (κ3) is 7.33. The molecule has 31 heavy (non-hydrogen) atoms. The van der Waals surface area contributed by atoms with Crippen LogP contribution in [0.15, 0.2) is 35.6 Å². The summed E-state index contributed by atoms with van der Waals surface area (Å²) in [4.78, 5) is 33.6. The van der Waals surface area contributed by atoms with Crippen molar-refractivity contribution in [2.45, 2.75) is 31.0 Å². The van der Waals surface area contributed by atoms with Gasteiger partial charge in [0.15, 0.2) is 0 Å². The van der Waals surface area contributed by atoms with Crippen molar-refractivity contribution in [3.05, 3.63) is 51.9 Å². The zero-order chi connectivity index (χ0) is 22.4. The van der Waals surface area contributed by atoms with Crippen molar-refractivity contribution in [3.8, 4) is 0 Å². The minimum absolute atomic E-state index is 0.152. The number of hydrogen-bond donors (Lipinski definition) is 1. The molecule has 1 saturated heterocycles. The molecule has 8 nitrogen and oxygen atoms in total. The van der Waals surface area contributed by atoms with Gasteiger partial charge in [-0.3, -0.25) is 23.8 Å². The molecule has 2 aromatic rings. The highest BCUT2D eigenvalue weighted by Crippen LogP contribution is 2.25. The van der Waals surface area contributed by atoms with Gasteiger partial charge in [0.2, 0.25) is 5.91 Å². The molecule has 0 aliphatic carbocycles. The summed E-state index contributed by atoms with van der Waals surface area (Å²) in [5.41, 5.74) is 1.39. The average molecular weight is 485 g/mol. The Morgan fingerprint density at radius 1 is 1.32 bits per heavy atom. The SMILES string of the molecule is CC(=O)N(C[C@@H]1CN(Cc2ccc(Cl)c(Cl)c2)CCO1)Sc1cncc(CC(=O)O)n1. The van der Waals surface area contributed by atoms with Crippen LogP contribution in [0.5, 0.6) is 0 Å². The van der Waals surface area contributed by atoms with E-state index in [1.54, 1.807) is 10.4 Å². The fourth-order valence-electron chi connectivity index (χ4n) is 3.13. The minimum Gasteiger partial charge on any atom is -0.481 e. The first-order valence-electron chi connectivity index (χ1n) is 9.57. The molecule has 0 unspecified atom stereocenters. The summed E-state index contributed by atoms with van der Waals surface area (Å²) in [6.45, 7) is 4.51. The van der Waals surface area contributed by atoms with Crippen LogP contribution in [0.4, 0.5) is 0 Å². The maximum atomic E-state index is 12.2. The number of halogens is 2. The van der Waals surface area contributed by atoms with Crippen LogP contribution in [0, 0.1) is 0 Å². The number of hydrogen-bond acceptors (Lipinski definition) is 7.